The van der Waals surface area contributed by atoms with Crippen LogP contribution in [0.4, 0.5) is 0 Å². The monoisotopic (exact) mass is 1110 g/mol. The number of benzene rings is 4. The number of likely N-dealkylation sites (N-methyl/N-ethyl adjacent to an activating group) is 2. The van der Waals surface area contributed by atoms with Crippen molar-refractivity contribution in [1.82, 2.24) is 60.8 Å². The number of aromatic nitrogens is 4. The van der Waals surface area contributed by atoms with Gasteiger partial charge in [0.15, 0.2) is 0 Å². The minimum Gasteiger partial charge on any atom is -0.345 e. The van der Waals surface area contributed by atoms with Crippen LogP contribution in [0.5, 0.6) is 0 Å². The minimum atomic E-state index is -0.900. The van der Waals surface area contributed by atoms with E-state index in [1.54, 1.807) is 41.9 Å². The van der Waals surface area contributed by atoms with E-state index in [-0.39, 0.29) is 67.0 Å². The van der Waals surface area contributed by atoms with Crippen molar-refractivity contribution >= 4 is 57.5 Å². The number of para-hydroxylation sites is 2. The highest BCUT2D eigenvalue weighted by molar-refractivity contribution is 5.94. The number of amides is 6. The Kier molecular flexibility index (Phi) is 23.4. The molecule has 4 unspecified atom stereocenters. The van der Waals surface area contributed by atoms with Gasteiger partial charge in [-0.2, -0.15) is 0 Å². The van der Waals surface area contributed by atoms with Gasteiger partial charge < -0.3 is 50.8 Å². The molecule has 5 heterocycles. The molecule has 6 N–H and O–H groups in total. The first-order chi connectivity index (χ1) is 39.4. The molecular formula is C63H86N12O6. The average Bonchev–Trinajstić information content (AvgIpc) is 4.55. The number of nitrogens with one attached hydrogen (secondary N) is 6. The zero-order valence-electron chi connectivity index (χ0n) is 48.5. The van der Waals surface area contributed by atoms with Crippen molar-refractivity contribution in [3.05, 3.63) is 109 Å². The van der Waals surface area contributed by atoms with Crippen molar-refractivity contribution < 1.29 is 28.8 Å². The Morgan fingerprint density at radius 2 is 1.33 bits per heavy atom. The van der Waals surface area contributed by atoms with E-state index in [1.807, 2.05) is 86.6 Å². The van der Waals surface area contributed by atoms with Gasteiger partial charge in [0, 0.05) is 75.7 Å². The number of aromatic amines is 2. The lowest BCUT2D eigenvalue weighted by Crippen LogP contribution is -2.60. The third-order valence-corrected chi connectivity index (χ3v) is 15.7. The van der Waals surface area contributed by atoms with Crippen LogP contribution in [0.2, 0.25) is 0 Å². The van der Waals surface area contributed by atoms with Crippen LogP contribution in [0.3, 0.4) is 0 Å². The highest BCUT2D eigenvalue weighted by atomic mass is 16.2. The molecule has 18 nitrogen and oxygen atoms in total. The summed E-state index contributed by atoms with van der Waals surface area (Å²) in [6.07, 6.45) is 11.8. The second-order valence-corrected chi connectivity index (χ2v) is 21.4. The average molecular weight is 1110 g/mol. The Hall–Kier alpha value is -7.44. The molecule has 81 heavy (non-hydrogen) atoms. The topological polar surface area (TPSA) is 221 Å². The van der Waals surface area contributed by atoms with Crippen molar-refractivity contribution in [1.29, 1.82) is 0 Å². The number of hydrogen-bond acceptors (Lipinski definition) is 10. The van der Waals surface area contributed by atoms with Gasteiger partial charge in [0.25, 0.3) is 0 Å². The van der Waals surface area contributed by atoms with Gasteiger partial charge in [-0.15, -0.1) is 0 Å². The Bertz CT molecular complexity index is 2980. The Labute approximate surface area is 478 Å². The number of unbranched alkanes of at least 4 members (excludes halogenated alkanes) is 5. The summed E-state index contributed by atoms with van der Waals surface area (Å²) in [5.74, 6) is -0.106. The predicted molar refractivity (Wildman–Crippen MR) is 320 cm³/mol. The van der Waals surface area contributed by atoms with E-state index in [1.165, 1.54) is 11.1 Å². The molecule has 18 heteroatoms. The Morgan fingerprint density at radius 1 is 0.716 bits per heavy atom. The van der Waals surface area contributed by atoms with Gasteiger partial charge in [0.1, 0.15) is 17.9 Å². The quantitative estimate of drug-likeness (QED) is 0.0380. The Balaban J connectivity index is 0.000000442. The maximum Gasteiger partial charge on any atom is 0.247 e. The molecule has 2 aromatic heterocycles. The number of fused-ring (bicyclic) bond motifs is 3. The number of rotatable bonds is 21. The van der Waals surface area contributed by atoms with Crippen molar-refractivity contribution in [3.8, 4) is 22.3 Å². The molecule has 9 rings (SSSR count). The van der Waals surface area contributed by atoms with Crippen LogP contribution >= 0.6 is 0 Å². The van der Waals surface area contributed by atoms with E-state index in [2.05, 4.69) is 72.6 Å². The van der Waals surface area contributed by atoms with Crippen molar-refractivity contribution in [2.45, 2.75) is 141 Å². The molecule has 3 fully saturated rings. The summed E-state index contributed by atoms with van der Waals surface area (Å²) in [6.45, 7) is 8.00. The lowest BCUT2D eigenvalue weighted by molar-refractivity contribution is -0.144. The van der Waals surface area contributed by atoms with Gasteiger partial charge >= 0.3 is 0 Å². The number of likely N-dealkylation sites (tertiary alicyclic amines) is 1. The molecule has 5 atom stereocenters. The van der Waals surface area contributed by atoms with Crippen LogP contribution < -0.4 is 21.3 Å². The fourth-order valence-corrected chi connectivity index (χ4v) is 11.1. The molecule has 3 saturated heterocycles. The molecule has 6 amide bonds. The van der Waals surface area contributed by atoms with Crippen molar-refractivity contribution in [3.63, 3.8) is 0 Å². The highest BCUT2D eigenvalue weighted by Gasteiger charge is 2.44. The number of imidazole rings is 2. The Morgan fingerprint density at radius 3 is 1.96 bits per heavy atom. The molecule has 0 saturated carbocycles. The predicted octanol–water partition coefficient (Wildman–Crippen LogP) is 8.14. The molecule has 0 radical (unpaired) electrons. The lowest BCUT2D eigenvalue weighted by Gasteiger charge is -2.39. The van der Waals surface area contributed by atoms with E-state index < -0.39 is 18.1 Å². The van der Waals surface area contributed by atoms with E-state index in [9.17, 15) is 28.8 Å². The van der Waals surface area contributed by atoms with Crippen molar-refractivity contribution in [2.24, 2.45) is 0 Å². The van der Waals surface area contributed by atoms with E-state index in [4.69, 9.17) is 4.98 Å². The van der Waals surface area contributed by atoms with Gasteiger partial charge in [-0.1, -0.05) is 118 Å². The second-order valence-electron chi connectivity index (χ2n) is 21.4. The second kappa shape index (κ2) is 31.0. The number of carbonyl (C=O) groups excluding carboxylic acids is 6. The molecule has 3 aliphatic heterocycles. The molecule has 0 aliphatic carbocycles. The summed E-state index contributed by atoms with van der Waals surface area (Å²) in [5, 5.41) is 11.5. The molecule has 6 aromatic rings. The number of hydrogen-bond donors (Lipinski definition) is 6. The third-order valence-electron chi connectivity index (χ3n) is 15.7. The van der Waals surface area contributed by atoms with Gasteiger partial charge in [-0.25, -0.2) is 9.97 Å². The molecule has 0 spiro atoms. The van der Waals surface area contributed by atoms with Gasteiger partial charge in [-0.05, 0) is 103 Å². The summed E-state index contributed by atoms with van der Waals surface area (Å²) >= 11 is 0. The van der Waals surface area contributed by atoms with Gasteiger partial charge in [-0.3, -0.25) is 28.8 Å². The zero-order valence-corrected chi connectivity index (χ0v) is 48.5. The normalized spacial score (nSPS) is 17.7. The fourth-order valence-electron chi connectivity index (χ4n) is 11.1. The van der Waals surface area contributed by atoms with E-state index >= 15 is 0 Å². The summed E-state index contributed by atoms with van der Waals surface area (Å²) in [4.78, 5) is 103. The highest BCUT2D eigenvalue weighted by Crippen LogP contribution is 2.40. The summed E-state index contributed by atoms with van der Waals surface area (Å²) < 4.78 is 0. The van der Waals surface area contributed by atoms with Crippen LogP contribution in [-0.2, 0) is 28.8 Å². The number of nitrogens with zero attached hydrogens (tertiary/aromatic N) is 6. The first-order valence-electron chi connectivity index (χ1n) is 29.4. The number of H-pyrrole nitrogens is 2. The largest absolute Gasteiger partial charge is 0.345 e. The maximum absolute atomic E-state index is 14.6. The fraction of sp³-hybridized carbons (Fsp3) is 0.492. The SMILES string of the molecule is CCC(=O)N[C@@H](CN(CC)C(=O)CCCCCCCCC(=O)N1CCC2CCC(c3nc4c(-c5ccccc5)cccc4[nH]3)N2C(=O)C(NC(=O)C(C)NC)C1)C(=O)N1CCCC1.CNC.c1ccc(-c2cccc3[nH]cnc23)cc1. The summed E-state index contributed by atoms with van der Waals surface area (Å²) in [6, 6.07) is 30.2. The van der Waals surface area contributed by atoms with Crippen LogP contribution in [-0.4, -0.2) is 160 Å². The van der Waals surface area contributed by atoms with Crippen LogP contribution in [0.1, 0.15) is 123 Å². The molecular weight excluding hydrogens is 1020 g/mol. The van der Waals surface area contributed by atoms with Crippen LogP contribution in [0, 0.1) is 0 Å². The lowest BCUT2D eigenvalue weighted by atomic mass is 10.0. The number of carbonyl (C=O) groups is 6. The molecule has 434 valence electrons. The first-order valence-corrected chi connectivity index (χ1v) is 29.4. The summed E-state index contributed by atoms with van der Waals surface area (Å²) in [7, 11) is 5.45. The van der Waals surface area contributed by atoms with E-state index in [0.29, 0.717) is 51.9 Å². The van der Waals surface area contributed by atoms with Gasteiger partial charge in [0.05, 0.1) is 40.5 Å². The zero-order chi connectivity index (χ0) is 57.7. The van der Waals surface area contributed by atoms with Gasteiger partial charge in [0.2, 0.25) is 35.4 Å². The van der Waals surface area contributed by atoms with Crippen LogP contribution in [0.15, 0.2) is 103 Å². The first kappa shape index (κ1) is 61.2. The molecule has 4 aromatic carbocycles. The standard InChI is InChI=1S/C48H69N9O6.C13H10N2.C2H7N/c1-5-41(58)50-38(47(62)55-28-16-17-29-55)31-54(6-2)42(59)23-14-9-7-8-10-15-24-43(60)56-30-27-35-25-26-40(57(35)48(63)39(32-56)52-46(61)33(3)49-4)45-51-37-22-18-21-36(44(37)53-45)34-19-12-11-13-20-34;1-2-5-10(6-3-1)11-7-4-8-12-13(11)15-9-14-12;1-3-2/h11-13,18-22,33,35,38-40,49H,5-10,14-17,23-32H2,1-4H3,(H,50,58)(H,51,53)(H,52,61);1-9H,(H,14,15);3H,1-2H3/t33?,35?,38-,39?,40?;;/m0../s1. The smallest absolute Gasteiger partial charge is 0.247 e. The van der Waals surface area contributed by atoms with Crippen molar-refractivity contribution in [2.75, 3.05) is 60.4 Å². The molecule has 3 aliphatic rings. The van der Waals surface area contributed by atoms with E-state index in [0.717, 1.165) is 96.8 Å². The van der Waals surface area contributed by atoms with Crippen LogP contribution in [0.25, 0.3) is 44.3 Å². The minimum absolute atomic E-state index is 0.0145. The summed E-state index contributed by atoms with van der Waals surface area (Å²) in [5.41, 5.74) is 8.33. The maximum atomic E-state index is 14.6. The molecule has 0 bridgehead atoms. The third kappa shape index (κ3) is 16.4.